The monoisotopic (exact) mass is 365 g/mol. The molecule has 2 fully saturated rings. The first-order valence-corrected chi connectivity index (χ1v) is 9.55. The van der Waals surface area contributed by atoms with Crippen molar-refractivity contribution in [1.29, 1.82) is 0 Å². The maximum absolute atomic E-state index is 5.51. The highest BCUT2D eigenvalue weighted by molar-refractivity contribution is 5.75. The van der Waals surface area contributed by atoms with E-state index in [-0.39, 0.29) is 0 Å². The quantitative estimate of drug-likeness (QED) is 0.717. The van der Waals surface area contributed by atoms with E-state index < -0.39 is 0 Å². The molecule has 2 aliphatic rings. The van der Waals surface area contributed by atoms with Gasteiger partial charge >= 0.3 is 0 Å². The molecule has 8 nitrogen and oxygen atoms in total. The molecule has 8 heteroatoms. The van der Waals surface area contributed by atoms with Gasteiger partial charge in [-0.25, -0.2) is 19.5 Å². The Morgan fingerprint density at radius 3 is 2.96 bits per heavy atom. The van der Waals surface area contributed by atoms with Gasteiger partial charge in [0.2, 0.25) is 5.95 Å². The van der Waals surface area contributed by atoms with Crippen LogP contribution in [0.5, 0.6) is 5.75 Å². The molecule has 3 aromatic heterocycles. The Bertz CT molecular complexity index is 960. The van der Waals surface area contributed by atoms with Crippen molar-refractivity contribution in [3.05, 3.63) is 30.4 Å². The summed E-state index contributed by atoms with van der Waals surface area (Å²) in [6, 6.07) is 2.27. The minimum atomic E-state index is 0.363. The largest absolute Gasteiger partial charge is 0.493 e. The number of nitrogens with zero attached hydrogens (tertiary/aromatic N) is 5. The van der Waals surface area contributed by atoms with Crippen molar-refractivity contribution in [2.45, 2.75) is 37.6 Å². The fraction of sp³-hybridized carbons (Fsp3) is 0.474. The number of aromatic nitrogens is 5. The van der Waals surface area contributed by atoms with Gasteiger partial charge < -0.3 is 15.4 Å². The SMILES string of the molecule is COc1cn2ncc(-c3ccnc(N[C@@H]4CCCNC4)n3)c2nc1C1CC1. The lowest BCUT2D eigenvalue weighted by molar-refractivity contribution is 0.403. The zero-order chi connectivity index (χ0) is 18.2. The van der Waals surface area contributed by atoms with E-state index in [1.807, 2.05) is 18.5 Å². The van der Waals surface area contributed by atoms with Crippen molar-refractivity contribution in [2.75, 3.05) is 25.5 Å². The molecule has 5 rings (SSSR count). The lowest BCUT2D eigenvalue weighted by atomic mass is 10.1. The molecule has 0 spiro atoms. The summed E-state index contributed by atoms with van der Waals surface area (Å²) < 4.78 is 7.27. The minimum absolute atomic E-state index is 0.363. The predicted octanol–water partition coefficient (Wildman–Crippen LogP) is 2.24. The molecule has 4 heterocycles. The van der Waals surface area contributed by atoms with Crippen LogP contribution in [0.3, 0.4) is 0 Å². The number of anilines is 1. The lowest BCUT2D eigenvalue weighted by Crippen LogP contribution is -2.38. The average molecular weight is 365 g/mol. The van der Waals surface area contributed by atoms with Crippen molar-refractivity contribution in [2.24, 2.45) is 0 Å². The highest BCUT2D eigenvalue weighted by Gasteiger charge is 2.29. The minimum Gasteiger partial charge on any atom is -0.493 e. The lowest BCUT2D eigenvalue weighted by Gasteiger charge is -2.23. The van der Waals surface area contributed by atoms with Crippen molar-refractivity contribution >= 4 is 11.6 Å². The second kappa shape index (κ2) is 6.77. The predicted molar refractivity (Wildman–Crippen MR) is 102 cm³/mol. The summed E-state index contributed by atoms with van der Waals surface area (Å²) in [5.41, 5.74) is 3.56. The van der Waals surface area contributed by atoms with E-state index in [0.717, 1.165) is 47.9 Å². The molecule has 0 unspecified atom stereocenters. The van der Waals surface area contributed by atoms with Crippen molar-refractivity contribution in [1.82, 2.24) is 29.9 Å². The van der Waals surface area contributed by atoms with E-state index in [9.17, 15) is 0 Å². The Balaban J connectivity index is 1.49. The topological polar surface area (TPSA) is 89.3 Å². The highest BCUT2D eigenvalue weighted by Crippen LogP contribution is 2.43. The third-order valence-electron chi connectivity index (χ3n) is 5.23. The van der Waals surface area contributed by atoms with Crippen LogP contribution in [0.1, 0.15) is 37.3 Å². The van der Waals surface area contributed by atoms with Crippen LogP contribution >= 0.6 is 0 Å². The van der Waals surface area contributed by atoms with E-state index >= 15 is 0 Å². The molecular weight excluding hydrogens is 342 g/mol. The number of nitrogens with one attached hydrogen (secondary N) is 2. The van der Waals surface area contributed by atoms with Gasteiger partial charge in [-0.1, -0.05) is 0 Å². The van der Waals surface area contributed by atoms with Gasteiger partial charge in [0.15, 0.2) is 11.4 Å². The molecule has 140 valence electrons. The van der Waals surface area contributed by atoms with Gasteiger partial charge in [-0.15, -0.1) is 0 Å². The maximum atomic E-state index is 5.51. The Morgan fingerprint density at radius 1 is 1.26 bits per heavy atom. The van der Waals surface area contributed by atoms with E-state index in [1.54, 1.807) is 17.8 Å². The smallest absolute Gasteiger partial charge is 0.223 e. The van der Waals surface area contributed by atoms with Crippen LogP contribution in [0, 0.1) is 0 Å². The first kappa shape index (κ1) is 16.4. The van der Waals surface area contributed by atoms with Gasteiger partial charge in [-0.3, -0.25) is 0 Å². The molecule has 1 aliphatic carbocycles. The molecule has 2 N–H and O–H groups in total. The number of fused-ring (bicyclic) bond motifs is 1. The van der Waals surface area contributed by atoms with E-state index in [2.05, 4.69) is 20.7 Å². The molecular formula is C19H23N7O. The van der Waals surface area contributed by atoms with Crippen molar-refractivity contribution < 1.29 is 4.74 Å². The molecule has 3 aromatic rings. The summed E-state index contributed by atoms with van der Waals surface area (Å²) in [7, 11) is 1.68. The number of hydrogen-bond donors (Lipinski definition) is 2. The molecule has 1 saturated carbocycles. The summed E-state index contributed by atoms with van der Waals surface area (Å²) in [6.45, 7) is 2.02. The molecule has 0 radical (unpaired) electrons. The van der Waals surface area contributed by atoms with E-state index in [4.69, 9.17) is 14.7 Å². The van der Waals surface area contributed by atoms with Crippen LogP contribution in [-0.2, 0) is 0 Å². The fourth-order valence-corrected chi connectivity index (χ4v) is 3.63. The molecule has 0 amide bonds. The molecule has 27 heavy (non-hydrogen) atoms. The van der Waals surface area contributed by atoms with Crippen LogP contribution in [-0.4, -0.2) is 50.8 Å². The normalized spacial score (nSPS) is 20.0. The van der Waals surface area contributed by atoms with Crippen LogP contribution in [0.25, 0.3) is 16.9 Å². The second-order valence-corrected chi connectivity index (χ2v) is 7.25. The van der Waals surface area contributed by atoms with Crippen LogP contribution in [0.2, 0.25) is 0 Å². The molecule has 0 aromatic carbocycles. The van der Waals surface area contributed by atoms with E-state index in [0.29, 0.717) is 17.9 Å². The Labute approximate surface area is 157 Å². The Hall–Kier alpha value is -2.74. The van der Waals surface area contributed by atoms with Gasteiger partial charge in [-0.05, 0) is 38.3 Å². The second-order valence-electron chi connectivity index (χ2n) is 7.25. The van der Waals surface area contributed by atoms with Gasteiger partial charge in [-0.2, -0.15) is 5.10 Å². The van der Waals surface area contributed by atoms with Gasteiger partial charge in [0.1, 0.15) is 0 Å². The Kier molecular flexibility index (Phi) is 4.12. The summed E-state index contributed by atoms with van der Waals surface area (Å²) >= 11 is 0. The first-order valence-electron chi connectivity index (χ1n) is 9.55. The summed E-state index contributed by atoms with van der Waals surface area (Å²) in [6.07, 6.45) is 10.1. The van der Waals surface area contributed by atoms with Gasteiger partial charge in [0.25, 0.3) is 0 Å². The van der Waals surface area contributed by atoms with Crippen molar-refractivity contribution in [3.8, 4) is 17.0 Å². The fourth-order valence-electron chi connectivity index (χ4n) is 3.63. The maximum Gasteiger partial charge on any atom is 0.223 e. The molecule has 1 saturated heterocycles. The van der Waals surface area contributed by atoms with Crippen LogP contribution in [0.15, 0.2) is 24.7 Å². The molecule has 1 aliphatic heterocycles. The standard InChI is InChI=1S/C19H23N7O/c1-27-16-11-26-18(25-17(16)12-4-5-12)14(10-22-26)15-6-8-21-19(24-15)23-13-3-2-7-20-9-13/h6,8,10-13,20H,2-5,7,9H2,1H3,(H,21,23,24)/t13-/m1/s1. The summed E-state index contributed by atoms with van der Waals surface area (Å²) in [5.74, 6) is 1.94. The molecule has 1 atom stereocenters. The van der Waals surface area contributed by atoms with Crippen LogP contribution < -0.4 is 15.4 Å². The zero-order valence-corrected chi connectivity index (χ0v) is 15.4. The number of piperidine rings is 1. The molecule has 0 bridgehead atoms. The summed E-state index contributed by atoms with van der Waals surface area (Å²) in [4.78, 5) is 14.0. The number of hydrogen-bond acceptors (Lipinski definition) is 7. The third kappa shape index (κ3) is 3.21. The third-order valence-corrected chi connectivity index (χ3v) is 5.23. The van der Waals surface area contributed by atoms with E-state index in [1.165, 1.54) is 19.3 Å². The average Bonchev–Trinajstić information content (AvgIpc) is 3.47. The van der Waals surface area contributed by atoms with Crippen LogP contribution in [0.4, 0.5) is 5.95 Å². The van der Waals surface area contributed by atoms with Gasteiger partial charge in [0, 0.05) is 24.7 Å². The number of ether oxygens (including phenoxy) is 1. The zero-order valence-electron chi connectivity index (χ0n) is 15.4. The van der Waals surface area contributed by atoms with Gasteiger partial charge in [0.05, 0.1) is 36.5 Å². The number of rotatable bonds is 5. The Morgan fingerprint density at radius 2 is 2.19 bits per heavy atom. The highest BCUT2D eigenvalue weighted by atomic mass is 16.5. The summed E-state index contributed by atoms with van der Waals surface area (Å²) in [5, 5.41) is 11.3. The van der Waals surface area contributed by atoms with Crippen molar-refractivity contribution in [3.63, 3.8) is 0 Å². The first-order chi connectivity index (χ1) is 13.3. The number of methoxy groups -OCH3 is 1.